The van der Waals surface area contributed by atoms with E-state index in [0.29, 0.717) is 12.5 Å². The van der Waals surface area contributed by atoms with E-state index in [4.69, 9.17) is 5.11 Å². The van der Waals surface area contributed by atoms with Gasteiger partial charge in [0.15, 0.2) is 0 Å². The van der Waals surface area contributed by atoms with Gasteiger partial charge >= 0.3 is 5.97 Å². The number of sulfonamides is 1. The van der Waals surface area contributed by atoms with Gasteiger partial charge in [-0.25, -0.2) is 13.2 Å². The maximum absolute atomic E-state index is 13.0. The fraction of sp³-hybridized carbons (Fsp3) is 0.360. The van der Waals surface area contributed by atoms with Crippen LogP contribution in [0.15, 0.2) is 70.5 Å². The predicted molar refractivity (Wildman–Crippen MR) is 138 cm³/mol. The number of carboxylic acid groups (broad SMARTS) is 1. The number of carboxylic acids is 1. The van der Waals surface area contributed by atoms with Crippen molar-refractivity contribution < 1.29 is 27.9 Å². The largest absolute Gasteiger partial charge is 0.478 e. The van der Waals surface area contributed by atoms with Gasteiger partial charge in [-0.05, 0) is 49.4 Å². The standard InChI is InChI=1S/C25H32N4O7S/c1-18(2)14-15-26-22(30)17-29-16-8-12-21(25(29)34)27-24(33)20(11-6-7-13-23(31)32)28-37(35,36)19-9-4-3-5-10-19/h3-5,7-10,12-13,16,18,20,28H,6,11,14-15,17H2,1-2H3,(H,26,30)(H,27,33)(H,31,32)/b13-7+. The van der Waals surface area contributed by atoms with Crippen LogP contribution in [-0.2, 0) is 31.0 Å². The lowest BCUT2D eigenvalue weighted by Gasteiger charge is -2.18. The van der Waals surface area contributed by atoms with Gasteiger partial charge in [0.25, 0.3) is 5.56 Å². The molecule has 1 unspecified atom stereocenters. The van der Waals surface area contributed by atoms with E-state index in [1.54, 1.807) is 6.07 Å². The summed E-state index contributed by atoms with van der Waals surface area (Å²) in [5, 5.41) is 13.9. The molecule has 1 heterocycles. The van der Waals surface area contributed by atoms with Crippen LogP contribution in [0.25, 0.3) is 0 Å². The number of aliphatic carboxylic acids is 1. The Morgan fingerprint density at radius 1 is 1.05 bits per heavy atom. The molecule has 2 aromatic rings. The Kier molecular flexibility index (Phi) is 11.2. The number of nitrogens with one attached hydrogen (secondary N) is 3. The number of rotatable bonds is 14. The van der Waals surface area contributed by atoms with E-state index < -0.39 is 33.5 Å². The molecule has 1 aromatic carbocycles. The monoisotopic (exact) mass is 532 g/mol. The molecular weight excluding hydrogens is 500 g/mol. The van der Waals surface area contributed by atoms with Crippen LogP contribution < -0.4 is 20.9 Å². The molecule has 0 radical (unpaired) electrons. The Morgan fingerprint density at radius 3 is 2.41 bits per heavy atom. The minimum absolute atomic E-state index is 0.0561. The summed E-state index contributed by atoms with van der Waals surface area (Å²) in [5.41, 5.74) is -0.766. The molecule has 1 atom stereocenters. The fourth-order valence-electron chi connectivity index (χ4n) is 3.23. The first-order valence-corrected chi connectivity index (χ1v) is 13.2. The maximum Gasteiger partial charge on any atom is 0.327 e. The molecule has 0 aliphatic rings. The van der Waals surface area contributed by atoms with Crippen molar-refractivity contribution in [2.75, 3.05) is 11.9 Å². The molecule has 0 aliphatic carbocycles. The topological polar surface area (TPSA) is 164 Å². The van der Waals surface area contributed by atoms with Gasteiger partial charge < -0.3 is 20.3 Å². The summed E-state index contributed by atoms with van der Waals surface area (Å²) in [7, 11) is -4.09. The second kappa shape index (κ2) is 14.1. The van der Waals surface area contributed by atoms with E-state index in [9.17, 15) is 27.6 Å². The highest BCUT2D eigenvalue weighted by Gasteiger charge is 2.26. The molecule has 0 bridgehead atoms. The summed E-state index contributed by atoms with van der Waals surface area (Å²) < 4.78 is 29.1. The SMILES string of the molecule is CC(C)CCNC(=O)Cn1cccc(NC(=O)C(CC/C=C/C(=O)O)NS(=O)(=O)c2ccccc2)c1=O. The summed E-state index contributed by atoms with van der Waals surface area (Å²) in [6.45, 7) is 4.28. The van der Waals surface area contributed by atoms with Crippen molar-refractivity contribution in [2.24, 2.45) is 5.92 Å². The third-order valence-electron chi connectivity index (χ3n) is 5.19. The maximum atomic E-state index is 13.0. The number of benzene rings is 1. The number of hydrogen-bond donors (Lipinski definition) is 4. The average Bonchev–Trinajstić information content (AvgIpc) is 2.83. The van der Waals surface area contributed by atoms with Crippen molar-refractivity contribution in [2.45, 2.75) is 50.6 Å². The van der Waals surface area contributed by atoms with Crippen LogP contribution in [0.1, 0.15) is 33.1 Å². The normalized spacial score (nSPS) is 12.4. The molecule has 0 saturated carbocycles. The lowest BCUT2D eigenvalue weighted by atomic mass is 10.1. The molecule has 0 spiro atoms. The first-order chi connectivity index (χ1) is 17.5. The highest BCUT2D eigenvalue weighted by atomic mass is 32.2. The molecule has 0 aliphatic heterocycles. The second-order valence-electron chi connectivity index (χ2n) is 8.68. The summed E-state index contributed by atoms with van der Waals surface area (Å²) in [5.74, 6) is -1.93. The Balaban J connectivity index is 2.18. The Bertz CT molecular complexity index is 1270. The van der Waals surface area contributed by atoms with Crippen molar-refractivity contribution in [3.63, 3.8) is 0 Å². The zero-order valence-electron chi connectivity index (χ0n) is 20.7. The third kappa shape index (κ3) is 10.0. The average molecular weight is 533 g/mol. The molecule has 37 heavy (non-hydrogen) atoms. The smallest absolute Gasteiger partial charge is 0.327 e. The number of carbonyl (C=O) groups excluding carboxylic acids is 2. The summed E-state index contributed by atoms with van der Waals surface area (Å²) in [4.78, 5) is 48.7. The highest BCUT2D eigenvalue weighted by Crippen LogP contribution is 2.12. The van der Waals surface area contributed by atoms with Crippen LogP contribution in [0.3, 0.4) is 0 Å². The number of aromatic nitrogens is 1. The molecule has 200 valence electrons. The molecule has 2 amide bonds. The predicted octanol–water partition coefficient (Wildman–Crippen LogP) is 1.72. The fourth-order valence-corrected chi connectivity index (χ4v) is 4.48. The summed E-state index contributed by atoms with van der Waals surface area (Å²) >= 11 is 0. The Hall–Kier alpha value is -3.77. The Labute approximate surface area is 215 Å². The van der Waals surface area contributed by atoms with Crippen molar-refractivity contribution >= 4 is 33.5 Å². The van der Waals surface area contributed by atoms with E-state index in [1.807, 2.05) is 13.8 Å². The molecule has 1 aromatic heterocycles. The zero-order chi connectivity index (χ0) is 27.4. The van der Waals surface area contributed by atoms with E-state index >= 15 is 0 Å². The van der Waals surface area contributed by atoms with Gasteiger partial charge in [-0.15, -0.1) is 0 Å². The number of carbonyl (C=O) groups is 3. The van der Waals surface area contributed by atoms with E-state index in [-0.39, 0.29) is 35.9 Å². The minimum atomic E-state index is -4.09. The molecule has 0 fully saturated rings. The molecule has 2 rings (SSSR count). The summed E-state index contributed by atoms with van der Waals surface area (Å²) in [6, 6.07) is 8.96. The molecule has 11 nitrogen and oxygen atoms in total. The molecule has 0 saturated heterocycles. The van der Waals surface area contributed by atoms with E-state index in [1.165, 1.54) is 48.7 Å². The van der Waals surface area contributed by atoms with Crippen molar-refractivity contribution in [3.05, 3.63) is 71.2 Å². The molecule has 12 heteroatoms. The van der Waals surface area contributed by atoms with Gasteiger partial charge in [-0.3, -0.25) is 14.4 Å². The second-order valence-corrected chi connectivity index (χ2v) is 10.4. The van der Waals surface area contributed by atoms with Gasteiger partial charge in [0.1, 0.15) is 18.3 Å². The quantitative estimate of drug-likeness (QED) is 0.269. The molecule has 4 N–H and O–H groups in total. The van der Waals surface area contributed by atoms with Gasteiger partial charge in [0.05, 0.1) is 4.90 Å². The minimum Gasteiger partial charge on any atom is -0.478 e. The number of amides is 2. The number of nitrogens with zero attached hydrogens (tertiary/aromatic N) is 1. The van der Waals surface area contributed by atoms with Gasteiger partial charge in [-0.1, -0.05) is 38.1 Å². The van der Waals surface area contributed by atoms with Crippen LogP contribution in [0, 0.1) is 5.92 Å². The van der Waals surface area contributed by atoms with Gasteiger partial charge in [0.2, 0.25) is 21.8 Å². The lowest BCUT2D eigenvalue weighted by molar-refractivity contribution is -0.131. The van der Waals surface area contributed by atoms with Crippen LogP contribution in [-0.4, -0.2) is 48.5 Å². The van der Waals surface area contributed by atoms with Crippen molar-refractivity contribution in [1.29, 1.82) is 0 Å². The lowest BCUT2D eigenvalue weighted by Crippen LogP contribution is -2.44. The molecular formula is C25H32N4O7S. The number of pyridine rings is 1. The first kappa shape index (κ1) is 29.5. The first-order valence-electron chi connectivity index (χ1n) is 11.7. The highest BCUT2D eigenvalue weighted by molar-refractivity contribution is 7.89. The van der Waals surface area contributed by atoms with E-state index in [2.05, 4.69) is 15.4 Å². The Morgan fingerprint density at radius 2 is 1.76 bits per heavy atom. The van der Waals surface area contributed by atoms with Crippen LogP contribution in [0.5, 0.6) is 0 Å². The van der Waals surface area contributed by atoms with Crippen LogP contribution in [0.4, 0.5) is 5.69 Å². The number of hydrogen-bond acceptors (Lipinski definition) is 6. The van der Waals surface area contributed by atoms with Crippen LogP contribution in [0.2, 0.25) is 0 Å². The van der Waals surface area contributed by atoms with Crippen molar-refractivity contribution in [3.8, 4) is 0 Å². The van der Waals surface area contributed by atoms with E-state index in [0.717, 1.165) is 17.1 Å². The third-order valence-corrected chi connectivity index (χ3v) is 6.67. The summed E-state index contributed by atoms with van der Waals surface area (Å²) in [6.07, 6.45) is 4.40. The number of allylic oxidation sites excluding steroid dienone is 1. The van der Waals surface area contributed by atoms with Gasteiger partial charge in [-0.2, -0.15) is 4.72 Å². The number of anilines is 1. The zero-order valence-corrected chi connectivity index (χ0v) is 21.5. The van der Waals surface area contributed by atoms with Gasteiger partial charge in [0, 0.05) is 18.8 Å². The van der Waals surface area contributed by atoms with Crippen molar-refractivity contribution in [1.82, 2.24) is 14.6 Å². The van der Waals surface area contributed by atoms with Crippen LogP contribution >= 0.6 is 0 Å².